The van der Waals surface area contributed by atoms with Crippen molar-refractivity contribution >= 4 is 28.3 Å². The SMILES string of the molecule is O=[N+]([O-])c1cccc(-c2noc(COc3ccccc3I)n2)c1. The van der Waals surface area contributed by atoms with E-state index in [-0.39, 0.29) is 18.1 Å². The summed E-state index contributed by atoms with van der Waals surface area (Å²) in [6, 6.07) is 13.6. The molecule has 3 aromatic rings. The van der Waals surface area contributed by atoms with Gasteiger partial charge in [0.1, 0.15) is 5.75 Å². The number of nitro benzene ring substituents is 1. The van der Waals surface area contributed by atoms with Gasteiger partial charge in [-0.15, -0.1) is 0 Å². The van der Waals surface area contributed by atoms with Gasteiger partial charge in [-0.25, -0.2) is 0 Å². The number of hydrogen-bond donors (Lipinski definition) is 0. The number of nitro groups is 1. The number of aromatic nitrogens is 2. The summed E-state index contributed by atoms with van der Waals surface area (Å²) < 4.78 is 11.7. The van der Waals surface area contributed by atoms with Crippen LogP contribution in [-0.4, -0.2) is 15.1 Å². The molecule has 0 spiro atoms. The molecule has 0 saturated heterocycles. The number of benzene rings is 2. The number of nitrogens with zero attached hydrogens (tertiary/aromatic N) is 3. The molecule has 0 amide bonds. The third kappa shape index (κ3) is 3.65. The Morgan fingerprint density at radius 3 is 2.83 bits per heavy atom. The number of halogens is 1. The molecule has 0 aliphatic carbocycles. The zero-order chi connectivity index (χ0) is 16.2. The van der Waals surface area contributed by atoms with Crippen molar-refractivity contribution in [2.45, 2.75) is 6.61 Å². The van der Waals surface area contributed by atoms with Crippen LogP contribution in [0.4, 0.5) is 5.69 Å². The first-order valence-electron chi connectivity index (χ1n) is 6.58. The summed E-state index contributed by atoms with van der Waals surface area (Å²) in [4.78, 5) is 14.5. The number of non-ortho nitro benzene ring substituents is 1. The van der Waals surface area contributed by atoms with Crippen LogP contribution in [0.25, 0.3) is 11.4 Å². The lowest BCUT2D eigenvalue weighted by molar-refractivity contribution is -0.384. The van der Waals surface area contributed by atoms with Crippen LogP contribution in [0.5, 0.6) is 5.75 Å². The van der Waals surface area contributed by atoms with Crippen molar-refractivity contribution in [1.82, 2.24) is 10.1 Å². The molecule has 1 heterocycles. The van der Waals surface area contributed by atoms with Gasteiger partial charge in [-0.05, 0) is 34.7 Å². The molecule has 8 heteroatoms. The lowest BCUT2D eigenvalue weighted by Gasteiger charge is -2.04. The van der Waals surface area contributed by atoms with E-state index >= 15 is 0 Å². The largest absolute Gasteiger partial charge is 0.483 e. The lowest BCUT2D eigenvalue weighted by Crippen LogP contribution is -1.97. The van der Waals surface area contributed by atoms with Gasteiger partial charge in [0.2, 0.25) is 5.82 Å². The van der Waals surface area contributed by atoms with Crippen LogP contribution in [0, 0.1) is 13.7 Å². The average Bonchev–Trinajstić information content (AvgIpc) is 3.03. The highest BCUT2D eigenvalue weighted by molar-refractivity contribution is 14.1. The van der Waals surface area contributed by atoms with Crippen molar-refractivity contribution in [1.29, 1.82) is 0 Å². The minimum Gasteiger partial charge on any atom is -0.483 e. The molecule has 0 radical (unpaired) electrons. The zero-order valence-electron chi connectivity index (χ0n) is 11.7. The summed E-state index contributed by atoms with van der Waals surface area (Å²) in [6.45, 7) is 0.127. The fraction of sp³-hybridized carbons (Fsp3) is 0.0667. The van der Waals surface area contributed by atoms with Gasteiger partial charge in [-0.1, -0.05) is 29.4 Å². The molecule has 1 aromatic heterocycles. The topological polar surface area (TPSA) is 91.3 Å². The van der Waals surface area contributed by atoms with E-state index in [0.717, 1.165) is 9.32 Å². The summed E-state index contributed by atoms with van der Waals surface area (Å²) in [7, 11) is 0. The molecular weight excluding hydrogens is 413 g/mol. The first-order chi connectivity index (χ1) is 11.1. The molecule has 0 N–H and O–H groups in total. The summed E-state index contributed by atoms with van der Waals surface area (Å²) in [6.07, 6.45) is 0. The minimum atomic E-state index is -0.467. The predicted octanol–water partition coefficient (Wildman–Crippen LogP) is 3.83. The van der Waals surface area contributed by atoms with E-state index in [4.69, 9.17) is 9.26 Å². The van der Waals surface area contributed by atoms with Crippen molar-refractivity contribution in [2.24, 2.45) is 0 Å². The fourth-order valence-electron chi connectivity index (χ4n) is 1.89. The average molecular weight is 423 g/mol. The molecule has 2 aromatic carbocycles. The first-order valence-corrected chi connectivity index (χ1v) is 7.66. The molecule has 23 heavy (non-hydrogen) atoms. The summed E-state index contributed by atoms with van der Waals surface area (Å²) in [5.74, 6) is 1.31. The second-order valence-electron chi connectivity index (χ2n) is 4.54. The van der Waals surface area contributed by atoms with Gasteiger partial charge in [-0.2, -0.15) is 4.98 Å². The van der Waals surface area contributed by atoms with Crippen molar-refractivity contribution in [3.63, 3.8) is 0 Å². The molecule has 0 unspecified atom stereocenters. The van der Waals surface area contributed by atoms with Crippen LogP contribution < -0.4 is 4.74 Å². The molecule has 0 aliphatic heterocycles. The summed E-state index contributed by atoms with van der Waals surface area (Å²) >= 11 is 2.17. The fourth-order valence-corrected chi connectivity index (χ4v) is 2.43. The second kappa shape index (κ2) is 6.73. The minimum absolute atomic E-state index is 0.0241. The normalized spacial score (nSPS) is 10.5. The quantitative estimate of drug-likeness (QED) is 0.352. The predicted molar refractivity (Wildman–Crippen MR) is 89.9 cm³/mol. The van der Waals surface area contributed by atoms with Gasteiger partial charge in [0, 0.05) is 17.7 Å². The maximum Gasteiger partial charge on any atom is 0.270 e. The standard InChI is InChI=1S/C15H10IN3O4/c16-12-6-1-2-7-13(12)22-9-14-17-15(18-23-14)10-4-3-5-11(8-10)19(20)21/h1-8H,9H2. The Bertz CT molecular complexity index is 850. The molecule has 3 rings (SSSR count). The van der Waals surface area contributed by atoms with E-state index in [2.05, 4.69) is 32.7 Å². The van der Waals surface area contributed by atoms with Crippen LogP contribution in [0.15, 0.2) is 53.1 Å². The Morgan fingerprint density at radius 1 is 1.22 bits per heavy atom. The molecule has 116 valence electrons. The van der Waals surface area contributed by atoms with Crippen LogP contribution in [0.1, 0.15) is 5.89 Å². The molecule has 0 saturated carbocycles. The van der Waals surface area contributed by atoms with Gasteiger partial charge < -0.3 is 9.26 Å². The molecule has 0 aliphatic rings. The summed E-state index contributed by atoms with van der Waals surface area (Å²) in [5, 5.41) is 14.6. The Kier molecular flexibility index (Phi) is 4.51. The number of para-hydroxylation sites is 1. The van der Waals surface area contributed by atoms with Crippen LogP contribution in [0.3, 0.4) is 0 Å². The van der Waals surface area contributed by atoms with E-state index in [0.29, 0.717) is 11.5 Å². The molecular formula is C15H10IN3O4. The van der Waals surface area contributed by atoms with Crippen LogP contribution >= 0.6 is 22.6 Å². The number of hydrogen-bond acceptors (Lipinski definition) is 6. The zero-order valence-corrected chi connectivity index (χ0v) is 13.8. The Labute approximate surface area is 144 Å². The summed E-state index contributed by atoms with van der Waals surface area (Å²) in [5.41, 5.74) is 0.493. The van der Waals surface area contributed by atoms with Crippen LogP contribution in [0.2, 0.25) is 0 Å². The van der Waals surface area contributed by atoms with E-state index in [1.807, 2.05) is 24.3 Å². The van der Waals surface area contributed by atoms with E-state index in [1.54, 1.807) is 12.1 Å². The van der Waals surface area contributed by atoms with Gasteiger partial charge in [0.15, 0.2) is 6.61 Å². The third-order valence-corrected chi connectivity index (χ3v) is 3.86. The van der Waals surface area contributed by atoms with E-state index in [1.165, 1.54) is 12.1 Å². The highest BCUT2D eigenvalue weighted by atomic mass is 127. The second-order valence-corrected chi connectivity index (χ2v) is 5.70. The van der Waals surface area contributed by atoms with Crippen molar-refractivity contribution in [2.75, 3.05) is 0 Å². The Morgan fingerprint density at radius 2 is 2.04 bits per heavy atom. The van der Waals surface area contributed by atoms with Crippen molar-refractivity contribution in [3.05, 3.63) is 68.1 Å². The van der Waals surface area contributed by atoms with Gasteiger partial charge in [-0.3, -0.25) is 10.1 Å². The molecule has 0 atom stereocenters. The molecule has 7 nitrogen and oxygen atoms in total. The monoisotopic (exact) mass is 423 g/mol. The van der Waals surface area contributed by atoms with Gasteiger partial charge in [0.25, 0.3) is 11.6 Å². The van der Waals surface area contributed by atoms with Gasteiger partial charge in [0.05, 0.1) is 8.49 Å². The van der Waals surface area contributed by atoms with Gasteiger partial charge >= 0.3 is 0 Å². The van der Waals surface area contributed by atoms with Crippen molar-refractivity contribution < 1.29 is 14.2 Å². The Hall–Kier alpha value is -2.49. The molecule has 0 bridgehead atoms. The highest BCUT2D eigenvalue weighted by Gasteiger charge is 2.13. The number of ether oxygens (including phenoxy) is 1. The number of rotatable bonds is 5. The maximum atomic E-state index is 10.8. The first kappa shape index (κ1) is 15.4. The van der Waals surface area contributed by atoms with E-state index < -0.39 is 4.92 Å². The van der Waals surface area contributed by atoms with Crippen molar-refractivity contribution in [3.8, 4) is 17.1 Å². The highest BCUT2D eigenvalue weighted by Crippen LogP contribution is 2.23. The van der Waals surface area contributed by atoms with E-state index in [9.17, 15) is 10.1 Å². The smallest absolute Gasteiger partial charge is 0.270 e. The lowest BCUT2D eigenvalue weighted by atomic mass is 10.2. The van der Waals surface area contributed by atoms with Crippen LogP contribution in [-0.2, 0) is 6.61 Å². The molecule has 0 fully saturated rings. The third-order valence-electron chi connectivity index (χ3n) is 2.97. The maximum absolute atomic E-state index is 10.8. The Balaban J connectivity index is 1.74.